The molecule has 0 fully saturated rings. The van der Waals surface area contributed by atoms with Crippen LogP contribution in [0.5, 0.6) is 5.88 Å². The van der Waals surface area contributed by atoms with E-state index in [1.54, 1.807) is 36.7 Å². The minimum absolute atomic E-state index is 0.272. The summed E-state index contributed by atoms with van der Waals surface area (Å²) in [4.78, 5) is 19.1. The van der Waals surface area contributed by atoms with Gasteiger partial charge < -0.3 is 15.2 Å². The number of aromatic nitrogens is 2. The smallest absolute Gasteiger partial charge is 0.335 e. The quantitative estimate of drug-likeness (QED) is 0.814. The summed E-state index contributed by atoms with van der Waals surface area (Å²) < 4.78 is 5.41. The molecule has 2 rings (SSSR count). The molecule has 0 bridgehead atoms. The molecule has 0 spiro atoms. The first-order chi connectivity index (χ1) is 10.2. The fraction of sp³-hybridized carbons (Fsp3) is 0.267. The van der Waals surface area contributed by atoms with Gasteiger partial charge in [0.05, 0.1) is 24.6 Å². The maximum atomic E-state index is 10.8. The van der Waals surface area contributed by atoms with Crippen molar-refractivity contribution < 1.29 is 14.6 Å². The van der Waals surface area contributed by atoms with Crippen molar-refractivity contribution in [1.82, 2.24) is 9.97 Å². The van der Waals surface area contributed by atoms with Crippen molar-refractivity contribution >= 4 is 11.8 Å². The van der Waals surface area contributed by atoms with E-state index in [9.17, 15) is 4.79 Å². The summed E-state index contributed by atoms with van der Waals surface area (Å²) in [6.45, 7) is 3.16. The Bertz CT molecular complexity index is 599. The van der Waals surface area contributed by atoms with Crippen LogP contribution in [-0.2, 0) is 6.54 Å². The van der Waals surface area contributed by atoms with Crippen molar-refractivity contribution in [3.63, 3.8) is 0 Å². The minimum Gasteiger partial charge on any atom is -0.478 e. The Hall–Kier alpha value is -2.63. The highest BCUT2D eigenvalue weighted by molar-refractivity contribution is 5.87. The molecule has 0 amide bonds. The molecule has 0 saturated carbocycles. The Kier molecular flexibility index (Phi) is 5.09. The van der Waals surface area contributed by atoms with Crippen molar-refractivity contribution in [3.05, 3.63) is 47.8 Å². The SMILES string of the molecule is CCCOc1cncc(NCc2ccc(C(=O)O)cc2)n1. The Morgan fingerprint density at radius 3 is 2.71 bits per heavy atom. The van der Waals surface area contributed by atoms with Crippen LogP contribution in [0.2, 0.25) is 0 Å². The molecule has 0 atom stereocenters. The zero-order chi connectivity index (χ0) is 15.1. The number of hydrogen-bond acceptors (Lipinski definition) is 5. The lowest BCUT2D eigenvalue weighted by atomic mass is 10.1. The van der Waals surface area contributed by atoms with E-state index in [2.05, 4.69) is 15.3 Å². The molecule has 21 heavy (non-hydrogen) atoms. The molecule has 2 N–H and O–H groups in total. The van der Waals surface area contributed by atoms with Gasteiger partial charge >= 0.3 is 5.97 Å². The Morgan fingerprint density at radius 2 is 2.05 bits per heavy atom. The number of ether oxygens (including phenoxy) is 1. The number of carbonyl (C=O) groups is 1. The van der Waals surface area contributed by atoms with Crippen LogP contribution >= 0.6 is 0 Å². The summed E-state index contributed by atoms with van der Waals surface area (Å²) in [5.41, 5.74) is 1.23. The predicted molar refractivity (Wildman–Crippen MR) is 78.5 cm³/mol. The largest absolute Gasteiger partial charge is 0.478 e. The fourth-order valence-corrected chi connectivity index (χ4v) is 1.67. The third-order valence-corrected chi connectivity index (χ3v) is 2.74. The molecule has 6 heteroatoms. The molecule has 6 nitrogen and oxygen atoms in total. The maximum absolute atomic E-state index is 10.8. The van der Waals surface area contributed by atoms with Crippen molar-refractivity contribution in [3.8, 4) is 5.88 Å². The summed E-state index contributed by atoms with van der Waals surface area (Å²) in [5.74, 6) is 0.176. The predicted octanol–water partition coefficient (Wildman–Crippen LogP) is 2.58. The van der Waals surface area contributed by atoms with Crippen molar-refractivity contribution in [2.45, 2.75) is 19.9 Å². The number of hydrogen-bond donors (Lipinski definition) is 2. The van der Waals surface area contributed by atoms with E-state index in [1.165, 1.54) is 0 Å². The molecule has 0 aliphatic rings. The van der Waals surface area contributed by atoms with Crippen LogP contribution in [0, 0.1) is 0 Å². The number of carboxylic acids is 1. The number of rotatable bonds is 7. The van der Waals surface area contributed by atoms with Gasteiger partial charge in [-0.15, -0.1) is 0 Å². The zero-order valence-corrected chi connectivity index (χ0v) is 11.7. The molecule has 2 aromatic rings. The summed E-state index contributed by atoms with van der Waals surface area (Å²) in [6.07, 6.45) is 4.10. The van der Waals surface area contributed by atoms with Gasteiger partial charge in [-0.2, -0.15) is 4.98 Å². The van der Waals surface area contributed by atoms with Crippen LogP contribution in [0.1, 0.15) is 29.3 Å². The van der Waals surface area contributed by atoms with E-state index in [4.69, 9.17) is 9.84 Å². The van der Waals surface area contributed by atoms with Gasteiger partial charge in [0.25, 0.3) is 0 Å². The van der Waals surface area contributed by atoms with Gasteiger partial charge in [-0.1, -0.05) is 19.1 Å². The van der Waals surface area contributed by atoms with Crippen LogP contribution in [0.25, 0.3) is 0 Å². The lowest BCUT2D eigenvalue weighted by Gasteiger charge is -2.08. The van der Waals surface area contributed by atoms with Crippen LogP contribution in [-0.4, -0.2) is 27.7 Å². The van der Waals surface area contributed by atoms with Gasteiger partial charge in [-0.3, -0.25) is 4.98 Å². The molecule has 1 aromatic carbocycles. The highest BCUT2D eigenvalue weighted by atomic mass is 16.5. The lowest BCUT2D eigenvalue weighted by molar-refractivity contribution is 0.0697. The van der Waals surface area contributed by atoms with Gasteiger partial charge in [-0.25, -0.2) is 4.79 Å². The second kappa shape index (κ2) is 7.23. The fourth-order valence-electron chi connectivity index (χ4n) is 1.67. The van der Waals surface area contributed by atoms with Gasteiger partial charge in [0.1, 0.15) is 5.82 Å². The Morgan fingerprint density at radius 1 is 1.29 bits per heavy atom. The summed E-state index contributed by atoms with van der Waals surface area (Å²) in [5, 5.41) is 12.0. The summed E-state index contributed by atoms with van der Waals surface area (Å²) >= 11 is 0. The highest BCUT2D eigenvalue weighted by Gasteiger charge is 2.03. The van der Waals surface area contributed by atoms with E-state index >= 15 is 0 Å². The normalized spacial score (nSPS) is 10.1. The van der Waals surface area contributed by atoms with E-state index in [0.29, 0.717) is 24.8 Å². The maximum Gasteiger partial charge on any atom is 0.335 e. The van der Waals surface area contributed by atoms with Crippen molar-refractivity contribution in [2.24, 2.45) is 0 Å². The molecule has 110 valence electrons. The Labute approximate surface area is 122 Å². The number of aromatic carboxylic acids is 1. The first-order valence-corrected chi connectivity index (χ1v) is 6.70. The monoisotopic (exact) mass is 287 g/mol. The van der Waals surface area contributed by atoms with Crippen molar-refractivity contribution in [1.29, 1.82) is 0 Å². The average Bonchev–Trinajstić information content (AvgIpc) is 2.52. The first kappa shape index (κ1) is 14.8. The van der Waals surface area contributed by atoms with E-state index in [-0.39, 0.29) is 5.56 Å². The molecular weight excluding hydrogens is 270 g/mol. The van der Waals surface area contributed by atoms with Crippen LogP contribution in [0.15, 0.2) is 36.7 Å². The number of benzene rings is 1. The lowest BCUT2D eigenvalue weighted by Crippen LogP contribution is -2.04. The van der Waals surface area contributed by atoms with Crippen LogP contribution in [0.3, 0.4) is 0 Å². The second-order valence-electron chi connectivity index (χ2n) is 4.45. The highest BCUT2D eigenvalue weighted by Crippen LogP contribution is 2.11. The third-order valence-electron chi connectivity index (χ3n) is 2.74. The molecule has 0 saturated heterocycles. The second-order valence-corrected chi connectivity index (χ2v) is 4.45. The minimum atomic E-state index is -0.929. The van der Waals surface area contributed by atoms with Gasteiger partial charge in [0.15, 0.2) is 0 Å². The number of nitrogens with one attached hydrogen (secondary N) is 1. The van der Waals surface area contributed by atoms with E-state index in [0.717, 1.165) is 12.0 Å². The van der Waals surface area contributed by atoms with E-state index < -0.39 is 5.97 Å². The third kappa shape index (κ3) is 4.45. The van der Waals surface area contributed by atoms with Crippen LogP contribution in [0.4, 0.5) is 5.82 Å². The summed E-state index contributed by atoms with van der Waals surface area (Å²) in [7, 11) is 0. The molecular formula is C15H17N3O3. The first-order valence-electron chi connectivity index (χ1n) is 6.70. The van der Waals surface area contributed by atoms with Gasteiger partial charge in [0.2, 0.25) is 5.88 Å². The van der Waals surface area contributed by atoms with Crippen molar-refractivity contribution in [2.75, 3.05) is 11.9 Å². The van der Waals surface area contributed by atoms with E-state index in [1.807, 2.05) is 6.92 Å². The topological polar surface area (TPSA) is 84.3 Å². The van der Waals surface area contributed by atoms with Gasteiger partial charge in [0, 0.05) is 6.54 Å². The van der Waals surface area contributed by atoms with Gasteiger partial charge in [-0.05, 0) is 24.1 Å². The molecule has 0 aliphatic carbocycles. The van der Waals surface area contributed by atoms with Crippen LogP contribution < -0.4 is 10.1 Å². The molecule has 0 aliphatic heterocycles. The summed E-state index contributed by atoms with van der Waals surface area (Å²) in [6, 6.07) is 6.68. The zero-order valence-electron chi connectivity index (χ0n) is 11.7. The molecule has 0 radical (unpaired) electrons. The molecule has 1 aromatic heterocycles. The number of anilines is 1. The molecule has 0 unspecified atom stereocenters. The average molecular weight is 287 g/mol. The molecule has 1 heterocycles. The standard InChI is InChI=1S/C15H17N3O3/c1-2-7-21-14-10-16-9-13(18-14)17-8-11-3-5-12(6-4-11)15(19)20/h3-6,9-10H,2,7-8H2,1H3,(H,17,18)(H,19,20). The Balaban J connectivity index is 1.94. The number of nitrogens with zero attached hydrogens (tertiary/aromatic N) is 2. The number of carboxylic acid groups (broad SMARTS) is 1.